The molecule has 0 aromatic carbocycles. The van der Waals surface area contributed by atoms with E-state index in [2.05, 4.69) is 15.7 Å². The van der Waals surface area contributed by atoms with Gasteiger partial charge in [-0.3, -0.25) is 0 Å². The number of hydrogen-bond donors (Lipinski definition) is 0. The fourth-order valence-electron chi connectivity index (χ4n) is 0.891. The lowest BCUT2D eigenvalue weighted by Gasteiger charge is -2.34. The first-order valence-corrected chi connectivity index (χ1v) is 3.08. The summed E-state index contributed by atoms with van der Waals surface area (Å²) in [7, 11) is 9.18. The van der Waals surface area contributed by atoms with Gasteiger partial charge in [0.1, 0.15) is 5.92 Å². The predicted molar refractivity (Wildman–Crippen MR) is 35.5 cm³/mol. The van der Waals surface area contributed by atoms with Crippen LogP contribution in [0.5, 0.6) is 0 Å². The normalized spacial score (nSPS) is 15.1. The summed E-state index contributed by atoms with van der Waals surface area (Å²) < 4.78 is 71.0. The number of hydrogen-bond acceptors (Lipinski definition) is 0. The molecule has 0 spiro atoms. The van der Waals surface area contributed by atoms with Gasteiger partial charge in [0.25, 0.3) is 0 Å². The molecule has 0 saturated heterocycles. The zero-order valence-electron chi connectivity index (χ0n) is 6.50. The van der Waals surface area contributed by atoms with Crippen LogP contribution in [0.4, 0.5) is 26.3 Å². The Morgan fingerprint density at radius 3 is 1.08 bits per heavy atom. The number of alkyl halides is 6. The Morgan fingerprint density at radius 1 is 0.846 bits per heavy atom. The van der Waals surface area contributed by atoms with E-state index in [0.717, 1.165) is 0 Å². The molecular weight excluding hydrogens is 196 g/mol. The molecule has 0 unspecified atom stereocenters. The molecule has 0 heterocycles. The molecule has 13 heavy (non-hydrogen) atoms. The Morgan fingerprint density at radius 2 is 1.08 bits per heavy atom. The van der Waals surface area contributed by atoms with Gasteiger partial charge in [-0.15, -0.1) is 0 Å². The second-order valence-electron chi connectivity index (χ2n) is 2.88. The molecule has 0 aromatic heterocycles. The van der Waals surface area contributed by atoms with Crippen molar-refractivity contribution < 1.29 is 26.3 Å². The molecule has 0 aliphatic heterocycles. The molecule has 0 atom stereocenters. The van der Waals surface area contributed by atoms with Crippen molar-refractivity contribution in [3.8, 4) is 0 Å². The Balaban J connectivity index is 5.02. The monoisotopic (exact) mass is 200 g/mol. The summed E-state index contributed by atoms with van der Waals surface area (Å²) in [5.74, 6) is -3.72. The van der Waals surface area contributed by atoms with Gasteiger partial charge in [-0.1, -0.05) is 12.1 Å². The van der Waals surface area contributed by atoms with Gasteiger partial charge < -0.3 is 0 Å². The minimum absolute atomic E-state index is 0.471. The van der Waals surface area contributed by atoms with Gasteiger partial charge in [-0.2, -0.15) is 26.3 Å². The molecule has 0 aromatic rings. The Labute approximate surface area is 73.5 Å². The van der Waals surface area contributed by atoms with Gasteiger partial charge in [-0.05, 0) is 0 Å². The van der Waals surface area contributed by atoms with Crippen LogP contribution in [0.1, 0.15) is 6.92 Å². The van der Waals surface area contributed by atoms with Crippen LogP contribution in [-0.4, -0.2) is 28.0 Å². The van der Waals surface area contributed by atoms with E-state index in [1.54, 1.807) is 0 Å². The largest absolute Gasteiger partial charge is 0.399 e. The van der Waals surface area contributed by atoms with Crippen LogP contribution < -0.4 is 0 Å². The van der Waals surface area contributed by atoms with E-state index in [1.807, 2.05) is 0 Å². The Hall–Kier alpha value is -0.290. The quantitative estimate of drug-likeness (QED) is 0.449. The summed E-state index contributed by atoms with van der Waals surface area (Å²) >= 11 is 0. The zero-order valence-corrected chi connectivity index (χ0v) is 6.50. The molecule has 0 amide bonds. The average molecular weight is 200 g/mol. The van der Waals surface area contributed by atoms with E-state index >= 15 is 0 Å². The van der Waals surface area contributed by atoms with Gasteiger partial charge in [-0.25, -0.2) is 0 Å². The van der Waals surface area contributed by atoms with E-state index in [4.69, 9.17) is 0 Å². The first kappa shape index (κ1) is 12.7. The minimum atomic E-state index is -5.49. The maximum atomic E-state index is 11.8. The van der Waals surface area contributed by atoms with Crippen molar-refractivity contribution in [2.45, 2.75) is 24.5 Å². The molecule has 72 valence electrons. The lowest BCUT2D eigenvalue weighted by Crippen LogP contribution is -2.44. The molecule has 0 nitrogen and oxygen atoms in total. The SMILES string of the molecule is [B]C([B])(C)C(C(F)(F)F)C(F)(F)F. The fourth-order valence-corrected chi connectivity index (χ4v) is 0.891. The highest BCUT2D eigenvalue weighted by atomic mass is 19.4. The highest BCUT2D eigenvalue weighted by Crippen LogP contribution is 2.49. The van der Waals surface area contributed by atoms with Gasteiger partial charge in [0.15, 0.2) is 0 Å². The third kappa shape index (κ3) is 3.52. The van der Waals surface area contributed by atoms with Crippen molar-refractivity contribution in [2.75, 3.05) is 0 Å². The molecule has 4 radical (unpaired) electrons. The van der Waals surface area contributed by atoms with Crippen LogP contribution in [0.25, 0.3) is 0 Å². The lowest BCUT2D eigenvalue weighted by molar-refractivity contribution is -0.287. The molecule has 8 heteroatoms. The molecule has 0 aliphatic rings. The molecule has 0 bridgehead atoms. The van der Waals surface area contributed by atoms with Crippen molar-refractivity contribution in [2.24, 2.45) is 5.92 Å². The van der Waals surface area contributed by atoms with E-state index in [1.165, 1.54) is 0 Å². The third-order valence-electron chi connectivity index (χ3n) is 1.28. The van der Waals surface area contributed by atoms with Gasteiger partial charge in [0.2, 0.25) is 0 Å². The Kier molecular flexibility index (Phi) is 3.06. The van der Waals surface area contributed by atoms with Crippen LogP contribution in [0.15, 0.2) is 0 Å². The van der Waals surface area contributed by atoms with Crippen molar-refractivity contribution in [1.82, 2.24) is 0 Å². The second-order valence-corrected chi connectivity index (χ2v) is 2.88. The van der Waals surface area contributed by atoms with Crippen LogP contribution >= 0.6 is 0 Å². The van der Waals surface area contributed by atoms with Crippen molar-refractivity contribution in [3.63, 3.8) is 0 Å². The predicted octanol–water partition coefficient (Wildman–Crippen LogP) is 2.20. The summed E-state index contributed by atoms with van der Waals surface area (Å²) in [5, 5.41) is -2.86. The Bertz CT molecular complexity index is 142. The van der Waals surface area contributed by atoms with Crippen molar-refractivity contribution in [3.05, 3.63) is 0 Å². The second kappa shape index (κ2) is 3.13. The van der Waals surface area contributed by atoms with Crippen LogP contribution in [0.2, 0.25) is 5.21 Å². The van der Waals surface area contributed by atoms with E-state index < -0.39 is 23.5 Å². The lowest BCUT2D eigenvalue weighted by atomic mass is 9.49. The molecule has 0 rings (SSSR count). The smallest absolute Gasteiger partial charge is 0.170 e. The summed E-state index contributed by atoms with van der Waals surface area (Å²) in [6.45, 7) is 0.471. The van der Waals surface area contributed by atoms with Gasteiger partial charge in [0, 0.05) is 0 Å². The van der Waals surface area contributed by atoms with Gasteiger partial charge >= 0.3 is 12.4 Å². The highest BCUT2D eigenvalue weighted by Gasteiger charge is 2.60. The summed E-state index contributed by atoms with van der Waals surface area (Å²) in [4.78, 5) is 0. The van der Waals surface area contributed by atoms with E-state index in [9.17, 15) is 26.3 Å². The number of halogens is 6. The zero-order chi connectivity index (χ0) is 11.1. The molecular formula is C5H4B2F6. The summed E-state index contributed by atoms with van der Waals surface area (Å²) in [5.41, 5.74) is 0. The van der Waals surface area contributed by atoms with Gasteiger partial charge in [0.05, 0.1) is 15.7 Å². The fraction of sp³-hybridized carbons (Fsp3) is 1.00. The number of rotatable bonds is 1. The topological polar surface area (TPSA) is 0 Å². The summed E-state index contributed by atoms with van der Waals surface area (Å²) in [6.07, 6.45) is -11.0. The first-order chi connectivity index (χ1) is 5.37. The standard InChI is InChI=1S/C5H4B2F6/c1-3(6,7)2(4(8,9)10)5(11,12)13/h2H,1H3. The van der Waals surface area contributed by atoms with E-state index in [0.29, 0.717) is 6.92 Å². The minimum Gasteiger partial charge on any atom is -0.170 e. The van der Waals surface area contributed by atoms with Crippen LogP contribution in [0.3, 0.4) is 0 Å². The van der Waals surface area contributed by atoms with Crippen LogP contribution in [0, 0.1) is 5.92 Å². The average Bonchev–Trinajstić information content (AvgIpc) is 1.44. The maximum absolute atomic E-state index is 11.8. The first-order valence-electron chi connectivity index (χ1n) is 3.08. The molecule has 0 aliphatic carbocycles. The molecule has 0 fully saturated rings. The van der Waals surface area contributed by atoms with Crippen molar-refractivity contribution >= 4 is 15.7 Å². The summed E-state index contributed by atoms with van der Waals surface area (Å²) in [6, 6.07) is 0. The maximum Gasteiger partial charge on any atom is 0.399 e. The molecule has 0 N–H and O–H groups in total. The van der Waals surface area contributed by atoms with Crippen molar-refractivity contribution in [1.29, 1.82) is 0 Å². The molecule has 0 saturated carbocycles. The third-order valence-corrected chi connectivity index (χ3v) is 1.28. The van der Waals surface area contributed by atoms with E-state index in [-0.39, 0.29) is 0 Å². The highest BCUT2D eigenvalue weighted by molar-refractivity contribution is 6.39. The van der Waals surface area contributed by atoms with Crippen LogP contribution in [-0.2, 0) is 0 Å².